The van der Waals surface area contributed by atoms with Crippen molar-refractivity contribution in [3.05, 3.63) is 23.8 Å². The summed E-state index contributed by atoms with van der Waals surface area (Å²) in [7, 11) is 3.04. The van der Waals surface area contributed by atoms with Crippen LogP contribution in [0.1, 0.15) is 24.2 Å². The van der Waals surface area contributed by atoms with Gasteiger partial charge in [-0.15, -0.1) is 0 Å². The SMILES string of the molecule is COc1ccc(N)cc1C(=O)N(C)CC(=O)NC(C)C. The average molecular weight is 279 g/mol. The quantitative estimate of drug-likeness (QED) is 0.783. The van der Waals surface area contributed by atoms with Crippen molar-refractivity contribution in [2.24, 2.45) is 0 Å². The Bertz CT molecular complexity index is 500. The lowest BCUT2D eigenvalue weighted by Crippen LogP contribution is -2.40. The highest BCUT2D eigenvalue weighted by Crippen LogP contribution is 2.22. The van der Waals surface area contributed by atoms with Gasteiger partial charge in [0.15, 0.2) is 0 Å². The van der Waals surface area contributed by atoms with Crippen LogP contribution >= 0.6 is 0 Å². The minimum atomic E-state index is -0.312. The summed E-state index contributed by atoms with van der Waals surface area (Å²) >= 11 is 0. The Morgan fingerprint density at radius 3 is 2.60 bits per heavy atom. The van der Waals surface area contributed by atoms with E-state index in [9.17, 15) is 9.59 Å². The Hall–Kier alpha value is -2.24. The summed E-state index contributed by atoms with van der Waals surface area (Å²) in [6, 6.07) is 4.86. The van der Waals surface area contributed by atoms with Crippen molar-refractivity contribution in [3.8, 4) is 5.75 Å². The zero-order valence-corrected chi connectivity index (χ0v) is 12.3. The van der Waals surface area contributed by atoms with Gasteiger partial charge in [-0.25, -0.2) is 0 Å². The van der Waals surface area contributed by atoms with Gasteiger partial charge in [0, 0.05) is 18.8 Å². The minimum Gasteiger partial charge on any atom is -0.496 e. The fraction of sp³-hybridized carbons (Fsp3) is 0.429. The summed E-state index contributed by atoms with van der Waals surface area (Å²) in [5, 5.41) is 2.73. The largest absolute Gasteiger partial charge is 0.496 e. The fourth-order valence-corrected chi connectivity index (χ4v) is 1.75. The first kappa shape index (κ1) is 15.8. The van der Waals surface area contributed by atoms with Crippen molar-refractivity contribution < 1.29 is 14.3 Å². The van der Waals surface area contributed by atoms with Crippen molar-refractivity contribution in [1.82, 2.24) is 10.2 Å². The van der Waals surface area contributed by atoms with Gasteiger partial charge < -0.3 is 20.7 Å². The Balaban J connectivity index is 2.84. The lowest BCUT2D eigenvalue weighted by molar-refractivity contribution is -0.122. The van der Waals surface area contributed by atoms with Crippen LogP contribution in [0.2, 0.25) is 0 Å². The molecule has 0 fully saturated rings. The summed E-state index contributed by atoms with van der Waals surface area (Å²) in [6.45, 7) is 3.70. The molecule has 0 saturated carbocycles. The molecule has 1 rings (SSSR count). The third-order valence-corrected chi connectivity index (χ3v) is 2.63. The second-order valence-corrected chi connectivity index (χ2v) is 4.84. The number of carbonyl (C=O) groups excluding carboxylic acids is 2. The number of nitrogens with two attached hydrogens (primary N) is 1. The van der Waals surface area contributed by atoms with Gasteiger partial charge in [-0.05, 0) is 32.0 Å². The zero-order valence-electron chi connectivity index (χ0n) is 12.3. The maximum atomic E-state index is 12.3. The van der Waals surface area contributed by atoms with Crippen LogP contribution < -0.4 is 15.8 Å². The predicted molar refractivity (Wildman–Crippen MR) is 77.6 cm³/mol. The summed E-state index contributed by atoms with van der Waals surface area (Å²) < 4.78 is 5.14. The maximum Gasteiger partial charge on any atom is 0.257 e. The molecule has 0 bridgehead atoms. The summed E-state index contributed by atoms with van der Waals surface area (Å²) in [6.07, 6.45) is 0. The number of anilines is 1. The number of hydrogen-bond donors (Lipinski definition) is 2. The molecule has 1 aromatic rings. The molecule has 110 valence electrons. The van der Waals surface area contributed by atoms with Crippen LogP contribution in [0.25, 0.3) is 0 Å². The summed E-state index contributed by atoms with van der Waals surface area (Å²) in [5.74, 6) is -0.0907. The lowest BCUT2D eigenvalue weighted by Gasteiger charge is -2.19. The van der Waals surface area contributed by atoms with Crippen molar-refractivity contribution in [3.63, 3.8) is 0 Å². The van der Waals surface area contributed by atoms with Crippen LogP contribution in [0.15, 0.2) is 18.2 Å². The standard InChI is InChI=1S/C14H21N3O3/c1-9(2)16-13(18)8-17(3)14(19)11-7-10(15)5-6-12(11)20-4/h5-7,9H,8,15H2,1-4H3,(H,16,18). The van der Waals surface area contributed by atoms with Crippen molar-refractivity contribution in [2.75, 3.05) is 26.4 Å². The Morgan fingerprint density at radius 1 is 1.40 bits per heavy atom. The van der Waals surface area contributed by atoms with Crippen LogP contribution in [0.3, 0.4) is 0 Å². The van der Waals surface area contributed by atoms with Gasteiger partial charge in [-0.3, -0.25) is 9.59 Å². The van der Waals surface area contributed by atoms with Crippen molar-refractivity contribution in [1.29, 1.82) is 0 Å². The molecule has 0 heterocycles. The first-order chi connectivity index (χ1) is 9.35. The van der Waals surface area contributed by atoms with E-state index >= 15 is 0 Å². The molecule has 1 aromatic carbocycles. The highest BCUT2D eigenvalue weighted by molar-refractivity contribution is 5.99. The number of hydrogen-bond acceptors (Lipinski definition) is 4. The Morgan fingerprint density at radius 2 is 2.05 bits per heavy atom. The van der Waals surface area contributed by atoms with E-state index in [1.54, 1.807) is 19.2 Å². The van der Waals surface area contributed by atoms with E-state index in [1.807, 2.05) is 13.8 Å². The van der Waals surface area contributed by atoms with Crippen LogP contribution in [-0.4, -0.2) is 43.5 Å². The van der Waals surface area contributed by atoms with E-state index in [1.165, 1.54) is 18.1 Å². The van der Waals surface area contributed by atoms with Gasteiger partial charge in [-0.2, -0.15) is 0 Å². The molecular weight excluding hydrogens is 258 g/mol. The molecular formula is C14H21N3O3. The highest BCUT2D eigenvalue weighted by atomic mass is 16.5. The number of nitrogens with zero attached hydrogens (tertiary/aromatic N) is 1. The number of nitrogen functional groups attached to an aromatic ring is 1. The smallest absolute Gasteiger partial charge is 0.257 e. The number of methoxy groups -OCH3 is 1. The van der Waals surface area contributed by atoms with Gasteiger partial charge in [0.05, 0.1) is 19.2 Å². The zero-order chi connectivity index (χ0) is 15.3. The van der Waals surface area contributed by atoms with Gasteiger partial charge in [0.2, 0.25) is 5.91 Å². The molecule has 6 heteroatoms. The fourth-order valence-electron chi connectivity index (χ4n) is 1.75. The molecule has 0 aliphatic rings. The van der Waals surface area contributed by atoms with Crippen LogP contribution in [-0.2, 0) is 4.79 Å². The van der Waals surface area contributed by atoms with Gasteiger partial charge in [-0.1, -0.05) is 0 Å². The van der Waals surface area contributed by atoms with E-state index < -0.39 is 0 Å². The predicted octanol–water partition coefficient (Wildman–Crippen LogP) is 0.874. The number of rotatable bonds is 5. The van der Waals surface area contributed by atoms with E-state index in [-0.39, 0.29) is 24.4 Å². The van der Waals surface area contributed by atoms with Gasteiger partial charge in [0.1, 0.15) is 5.75 Å². The molecule has 0 saturated heterocycles. The van der Waals surface area contributed by atoms with E-state index in [0.717, 1.165) is 0 Å². The van der Waals surface area contributed by atoms with E-state index in [2.05, 4.69) is 5.32 Å². The van der Waals surface area contributed by atoms with Crippen molar-refractivity contribution >= 4 is 17.5 Å². The summed E-state index contributed by atoms with van der Waals surface area (Å²) in [5.41, 5.74) is 6.49. The monoisotopic (exact) mass is 279 g/mol. The highest BCUT2D eigenvalue weighted by Gasteiger charge is 2.19. The van der Waals surface area contributed by atoms with E-state index in [4.69, 9.17) is 10.5 Å². The van der Waals surface area contributed by atoms with Crippen LogP contribution in [0.4, 0.5) is 5.69 Å². The molecule has 20 heavy (non-hydrogen) atoms. The first-order valence-corrected chi connectivity index (χ1v) is 6.33. The number of benzene rings is 1. The molecule has 0 aromatic heterocycles. The number of likely N-dealkylation sites (N-methyl/N-ethyl adjacent to an activating group) is 1. The Labute approximate surface area is 118 Å². The number of amides is 2. The van der Waals surface area contributed by atoms with Crippen molar-refractivity contribution in [2.45, 2.75) is 19.9 Å². The summed E-state index contributed by atoms with van der Waals surface area (Å²) in [4.78, 5) is 25.3. The third-order valence-electron chi connectivity index (χ3n) is 2.63. The first-order valence-electron chi connectivity index (χ1n) is 6.33. The second-order valence-electron chi connectivity index (χ2n) is 4.84. The molecule has 2 amide bonds. The van der Waals surface area contributed by atoms with Crippen LogP contribution in [0, 0.1) is 0 Å². The lowest BCUT2D eigenvalue weighted by atomic mass is 10.1. The maximum absolute atomic E-state index is 12.3. The molecule has 0 aliphatic heterocycles. The molecule has 0 atom stereocenters. The molecule has 0 aliphatic carbocycles. The Kier molecular flexibility index (Phi) is 5.37. The molecule has 3 N–H and O–H groups in total. The third kappa shape index (κ3) is 4.15. The topological polar surface area (TPSA) is 84.7 Å². The molecule has 0 spiro atoms. The normalized spacial score (nSPS) is 10.2. The molecule has 6 nitrogen and oxygen atoms in total. The van der Waals surface area contributed by atoms with E-state index in [0.29, 0.717) is 17.0 Å². The molecule has 0 radical (unpaired) electrons. The second kappa shape index (κ2) is 6.79. The minimum absolute atomic E-state index is 0.0189. The van der Waals surface area contributed by atoms with Gasteiger partial charge >= 0.3 is 0 Å². The average Bonchev–Trinajstić information content (AvgIpc) is 2.36. The molecule has 0 unspecified atom stereocenters. The number of ether oxygens (including phenoxy) is 1. The van der Waals surface area contributed by atoms with Crippen LogP contribution in [0.5, 0.6) is 5.75 Å². The van der Waals surface area contributed by atoms with Gasteiger partial charge in [0.25, 0.3) is 5.91 Å². The number of carbonyl (C=O) groups is 2. The number of nitrogens with one attached hydrogen (secondary N) is 1.